The minimum Gasteiger partial charge on any atom is -0.493 e. The Hall–Kier alpha value is -3.91. The fourth-order valence-electron chi connectivity index (χ4n) is 3.78. The standard InChI is InChI=1S/C26H23N3O2/c1-4-31-25-14-19(10-13-23(25)18-8-11-22(27-2)12-9-18)26(30)29(3)17-21-7-5-6-20-15-28-16-24(20)21/h5-15H,4,16-17H2,1,3H3. The number of hydrogen-bond donors (Lipinski definition) is 0. The number of carbonyl (C=O) groups excluding carboxylic acids is 1. The Bertz CT molecular complexity index is 1190. The van der Waals surface area contributed by atoms with Crippen LogP contribution in [0.2, 0.25) is 0 Å². The monoisotopic (exact) mass is 409 g/mol. The maximum absolute atomic E-state index is 13.1. The number of fused-ring (bicyclic) bond motifs is 1. The zero-order chi connectivity index (χ0) is 21.8. The van der Waals surface area contributed by atoms with E-state index < -0.39 is 0 Å². The summed E-state index contributed by atoms with van der Waals surface area (Å²) in [6, 6.07) is 19.0. The molecule has 0 saturated heterocycles. The van der Waals surface area contributed by atoms with Gasteiger partial charge in [0.05, 0.1) is 19.7 Å². The second kappa shape index (κ2) is 8.85. The number of ether oxygens (including phenoxy) is 1. The molecular weight excluding hydrogens is 386 g/mol. The molecule has 154 valence electrons. The number of carbonyl (C=O) groups is 1. The van der Waals surface area contributed by atoms with Crippen molar-refractivity contribution in [3.8, 4) is 16.9 Å². The minimum absolute atomic E-state index is 0.0626. The molecule has 0 atom stereocenters. The van der Waals surface area contributed by atoms with Gasteiger partial charge in [-0.1, -0.05) is 42.5 Å². The molecule has 1 aliphatic heterocycles. The average Bonchev–Trinajstić information content (AvgIpc) is 3.29. The van der Waals surface area contributed by atoms with Crippen LogP contribution in [0.5, 0.6) is 5.75 Å². The number of aliphatic imine (C=N–C) groups is 1. The van der Waals surface area contributed by atoms with Crippen LogP contribution in [0.15, 0.2) is 65.7 Å². The van der Waals surface area contributed by atoms with Crippen molar-refractivity contribution in [3.05, 3.63) is 94.3 Å². The van der Waals surface area contributed by atoms with Crippen molar-refractivity contribution >= 4 is 17.8 Å². The van der Waals surface area contributed by atoms with E-state index in [1.807, 2.05) is 50.5 Å². The molecule has 3 aromatic rings. The number of amides is 1. The maximum Gasteiger partial charge on any atom is 0.254 e. The Morgan fingerprint density at radius 2 is 1.97 bits per heavy atom. The van der Waals surface area contributed by atoms with Crippen molar-refractivity contribution < 1.29 is 9.53 Å². The first-order valence-electron chi connectivity index (χ1n) is 10.2. The molecule has 1 heterocycles. The molecular formula is C26H23N3O2. The molecule has 1 aliphatic rings. The molecule has 5 heteroatoms. The molecule has 0 radical (unpaired) electrons. The second-order valence-corrected chi connectivity index (χ2v) is 7.42. The summed E-state index contributed by atoms with van der Waals surface area (Å²) < 4.78 is 5.85. The Labute approximate surface area is 182 Å². The highest BCUT2D eigenvalue weighted by atomic mass is 16.5. The van der Waals surface area contributed by atoms with Crippen molar-refractivity contribution in [2.75, 3.05) is 13.7 Å². The Morgan fingerprint density at radius 1 is 1.16 bits per heavy atom. The van der Waals surface area contributed by atoms with Gasteiger partial charge in [0, 0.05) is 30.9 Å². The van der Waals surface area contributed by atoms with Crippen LogP contribution in [0.4, 0.5) is 5.69 Å². The van der Waals surface area contributed by atoms with Gasteiger partial charge >= 0.3 is 0 Å². The third-order valence-electron chi connectivity index (χ3n) is 5.38. The fourth-order valence-corrected chi connectivity index (χ4v) is 3.78. The largest absolute Gasteiger partial charge is 0.493 e. The van der Waals surface area contributed by atoms with E-state index in [4.69, 9.17) is 11.3 Å². The first-order chi connectivity index (χ1) is 15.1. The van der Waals surface area contributed by atoms with Crippen molar-refractivity contribution in [1.29, 1.82) is 0 Å². The lowest BCUT2D eigenvalue weighted by atomic mass is 10.0. The Kier molecular flexibility index (Phi) is 5.81. The first kappa shape index (κ1) is 20.4. The molecule has 0 unspecified atom stereocenters. The minimum atomic E-state index is -0.0626. The first-order valence-corrected chi connectivity index (χ1v) is 10.2. The molecule has 0 bridgehead atoms. The number of nitrogens with zero attached hydrogens (tertiary/aromatic N) is 3. The molecule has 0 spiro atoms. The normalized spacial score (nSPS) is 11.6. The summed E-state index contributed by atoms with van der Waals surface area (Å²) in [6.45, 7) is 10.7. The zero-order valence-electron chi connectivity index (χ0n) is 17.6. The molecule has 0 saturated carbocycles. The number of benzene rings is 3. The molecule has 3 aromatic carbocycles. The SMILES string of the molecule is [C-]#[N+]c1ccc(-c2ccc(C(=O)N(C)Cc3cccc4c3CN=C4)cc2OCC)cc1. The van der Waals surface area contributed by atoms with Gasteiger partial charge in [0.15, 0.2) is 5.69 Å². The van der Waals surface area contributed by atoms with Crippen LogP contribution in [-0.4, -0.2) is 30.7 Å². The lowest BCUT2D eigenvalue weighted by molar-refractivity contribution is 0.0784. The summed E-state index contributed by atoms with van der Waals surface area (Å²) in [7, 11) is 1.81. The zero-order valence-corrected chi connectivity index (χ0v) is 17.6. The number of hydrogen-bond acceptors (Lipinski definition) is 3. The van der Waals surface area contributed by atoms with Crippen LogP contribution in [0, 0.1) is 6.57 Å². The number of rotatable bonds is 6. The molecule has 0 aromatic heterocycles. The maximum atomic E-state index is 13.1. The van der Waals surface area contributed by atoms with Gasteiger partial charge < -0.3 is 9.64 Å². The molecule has 0 N–H and O–H groups in total. The Balaban J connectivity index is 1.58. The molecule has 0 aliphatic carbocycles. The van der Waals surface area contributed by atoms with Gasteiger partial charge in [0.2, 0.25) is 0 Å². The highest BCUT2D eigenvalue weighted by Crippen LogP contribution is 2.33. The van der Waals surface area contributed by atoms with E-state index >= 15 is 0 Å². The average molecular weight is 409 g/mol. The van der Waals surface area contributed by atoms with Gasteiger partial charge in [-0.15, -0.1) is 0 Å². The van der Waals surface area contributed by atoms with Crippen molar-refractivity contribution in [3.63, 3.8) is 0 Å². The van der Waals surface area contributed by atoms with E-state index in [1.54, 1.807) is 23.1 Å². The van der Waals surface area contributed by atoms with Crippen LogP contribution in [-0.2, 0) is 13.1 Å². The van der Waals surface area contributed by atoms with Gasteiger partial charge in [0.1, 0.15) is 5.75 Å². The van der Waals surface area contributed by atoms with Gasteiger partial charge in [0.25, 0.3) is 5.91 Å². The molecule has 1 amide bonds. The van der Waals surface area contributed by atoms with Crippen molar-refractivity contribution in [2.45, 2.75) is 20.0 Å². The van der Waals surface area contributed by atoms with E-state index in [9.17, 15) is 4.79 Å². The van der Waals surface area contributed by atoms with E-state index in [0.29, 0.717) is 36.7 Å². The lowest BCUT2D eigenvalue weighted by Gasteiger charge is -2.20. The summed E-state index contributed by atoms with van der Waals surface area (Å²) in [5.74, 6) is 0.596. The predicted molar refractivity (Wildman–Crippen MR) is 123 cm³/mol. The van der Waals surface area contributed by atoms with Crippen LogP contribution in [0.3, 0.4) is 0 Å². The van der Waals surface area contributed by atoms with E-state index in [-0.39, 0.29) is 5.91 Å². The summed E-state index contributed by atoms with van der Waals surface area (Å²) >= 11 is 0. The quantitative estimate of drug-likeness (QED) is 0.504. The van der Waals surface area contributed by atoms with Crippen molar-refractivity contribution in [2.24, 2.45) is 4.99 Å². The molecule has 31 heavy (non-hydrogen) atoms. The fraction of sp³-hybridized carbons (Fsp3) is 0.192. The predicted octanol–water partition coefficient (Wildman–Crippen LogP) is 5.51. The summed E-state index contributed by atoms with van der Waals surface area (Å²) in [5.41, 5.74) is 6.45. The van der Waals surface area contributed by atoms with E-state index in [1.165, 1.54) is 5.56 Å². The topological polar surface area (TPSA) is 46.3 Å². The third kappa shape index (κ3) is 4.19. The summed E-state index contributed by atoms with van der Waals surface area (Å²) in [5, 5.41) is 0. The third-order valence-corrected chi connectivity index (χ3v) is 5.38. The van der Waals surface area contributed by atoms with Gasteiger partial charge in [-0.05, 0) is 47.4 Å². The van der Waals surface area contributed by atoms with Gasteiger partial charge in [-0.2, -0.15) is 0 Å². The van der Waals surface area contributed by atoms with Gasteiger partial charge in [-0.25, -0.2) is 4.85 Å². The van der Waals surface area contributed by atoms with E-state index in [2.05, 4.69) is 22.0 Å². The van der Waals surface area contributed by atoms with Crippen LogP contribution >= 0.6 is 0 Å². The van der Waals surface area contributed by atoms with Crippen LogP contribution in [0.25, 0.3) is 16.0 Å². The van der Waals surface area contributed by atoms with Crippen molar-refractivity contribution in [1.82, 2.24) is 4.90 Å². The second-order valence-electron chi connectivity index (χ2n) is 7.42. The molecule has 0 fully saturated rings. The molecule has 4 rings (SSSR count). The lowest BCUT2D eigenvalue weighted by Crippen LogP contribution is -2.26. The smallest absolute Gasteiger partial charge is 0.254 e. The van der Waals surface area contributed by atoms with Crippen LogP contribution in [0.1, 0.15) is 34.0 Å². The van der Waals surface area contributed by atoms with E-state index in [0.717, 1.165) is 22.3 Å². The summed E-state index contributed by atoms with van der Waals surface area (Å²) in [4.78, 5) is 22.6. The van der Waals surface area contributed by atoms with Gasteiger partial charge in [-0.3, -0.25) is 9.79 Å². The highest BCUT2D eigenvalue weighted by molar-refractivity contribution is 5.95. The molecule has 5 nitrogen and oxygen atoms in total. The summed E-state index contributed by atoms with van der Waals surface area (Å²) in [6.07, 6.45) is 1.89. The van der Waals surface area contributed by atoms with Crippen LogP contribution < -0.4 is 4.74 Å². The Morgan fingerprint density at radius 3 is 2.71 bits per heavy atom. The highest BCUT2D eigenvalue weighted by Gasteiger charge is 2.18.